The molecule has 0 unspecified atom stereocenters. The topological polar surface area (TPSA) is 76.7 Å². The summed E-state index contributed by atoms with van der Waals surface area (Å²) in [6.07, 6.45) is -1.11. The van der Waals surface area contributed by atoms with Crippen molar-refractivity contribution in [3.8, 4) is 11.5 Å². The molecule has 1 aliphatic heterocycles. The van der Waals surface area contributed by atoms with Crippen LogP contribution in [-0.4, -0.2) is 24.0 Å². The Morgan fingerprint density at radius 2 is 1.88 bits per heavy atom. The maximum Gasteiger partial charge on any atom is 0.279 e. The van der Waals surface area contributed by atoms with E-state index >= 15 is 0 Å². The minimum atomic E-state index is -0.868. The zero-order valence-electron chi connectivity index (χ0n) is 13.5. The average Bonchev–Trinajstić information content (AvgIpc) is 3.05. The van der Waals surface area contributed by atoms with Crippen LogP contribution in [0.5, 0.6) is 11.5 Å². The number of halogens is 1. The first kappa shape index (κ1) is 16.8. The third kappa shape index (κ3) is 4.06. The van der Waals surface area contributed by atoms with Crippen molar-refractivity contribution in [3.05, 3.63) is 59.9 Å². The molecule has 2 aromatic carbocycles. The molecule has 3 rings (SSSR count). The van der Waals surface area contributed by atoms with E-state index in [0.717, 1.165) is 5.56 Å². The van der Waals surface area contributed by atoms with Gasteiger partial charge in [-0.05, 0) is 42.8 Å². The van der Waals surface area contributed by atoms with Gasteiger partial charge in [0.1, 0.15) is 17.3 Å². The summed E-state index contributed by atoms with van der Waals surface area (Å²) >= 11 is 0. The van der Waals surface area contributed by atoms with Crippen molar-refractivity contribution in [2.75, 3.05) is 0 Å². The van der Waals surface area contributed by atoms with Crippen LogP contribution in [0.4, 0.5) is 4.39 Å². The molecule has 2 atom stereocenters. The molecule has 1 heterocycles. The smallest absolute Gasteiger partial charge is 0.279 e. The van der Waals surface area contributed by atoms with Crippen molar-refractivity contribution >= 4 is 11.8 Å². The summed E-state index contributed by atoms with van der Waals surface area (Å²) in [5, 5.41) is 0. The van der Waals surface area contributed by atoms with Crippen molar-refractivity contribution in [2.45, 2.75) is 25.6 Å². The summed E-state index contributed by atoms with van der Waals surface area (Å²) in [5.74, 6) is -0.354. The van der Waals surface area contributed by atoms with Gasteiger partial charge in [0.05, 0.1) is 0 Å². The van der Waals surface area contributed by atoms with E-state index in [1.807, 2.05) is 18.2 Å². The summed E-state index contributed by atoms with van der Waals surface area (Å²) in [6, 6.07) is 12.7. The predicted octanol–water partition coefficient (Wildman–Crippen LogP) is 1.74. The van der Waals surface area contributed by atoms with Gasteiger partial charge in [0.25, 0.3) is 11.8 Å². The fourth-order valence-corrected chi connectivity index (χ4v) is 2.40. The zero-order valence-corrected chi connectivity index (χ0v) is 13.5. The van der Waals surface area contributed by atoms with Crippen molar-refractivity contribution < 1.29 is 23.5 Å². The Hall–Kier alpha value is -3.09. The van der Waals surface area contributed by atoms with E-state index in [2.05, 4.69) is 10.9 Å². The minimum Gasteiger partial charge on any atom is -0.481 e. The van der Waals surface area contributed by atoms with E-state index in [9.17, 15) is 14.0 Å². The first-order valence-corrected chi connectivity index (χ1v) is 7.79. The molecule has 2 aromatic rings. The fourth-order valence-electron chi connectivity index (χ4n) is 2.40. The number of hydrogen-bond acceptors (Lipinski definition) is 4. The van der Waals surface area contributed by atoms with E-state index in [0.29, 0.717) is 17.9 Å². The van der Waals surface area contributed by atoms with Crippen LogP contribution in [0.2, 0.25) is 0 Å². The maximum absolute atomic E-state index is 12.8. The van der Waals surface area contributed by atoms with Gasteiger partial charge in [-0.1, -0.05) is 18.2 Å². The molecule has 0 radical (unpaired) electrons. The Bertz CT molecular complexity index is 754. The molecule has 1 aliphatic rings. The summed E-state index contributed by atoms with van der Waals surface area (Å²) in [5.41, 5.74) is 5.58. The normalized spacial score (nSPS) is 16.3. The molecule has 25 heavy (non-hydrogen) atoms. The first-order valence-electron chi connectivity index (χ1n) is 7.79. The Labute approximate surface area is 143 Å². The summed E-state index contributed by atoms with van der Waals surface area (Å²) in [6.45, 7) is 1.52. The predicted molar refractivity (Wildman–Crippen MR) is 87.3 cm³/mol. The second-order valence-electron chi connectivity index (χ2n) is 5.61. The lowest BCUT2D eigenvalue weighted by molar-refractivity contribution is -0.135. The number of carbonyl (C=O) groups is 2. The molecule has 0 aromatic heterocycles. The zero-order chi connectivity index (χ0) is 17.8. The number of amides is 2. The Kier molecular flexibility index (Phi) is 4.83. The molecule has 0 aliphatic carbocycles. The lowest BCUT2D eigenvalue weighted by Gasteiger charge is -2.16. The van der Waals surface area contributed by atoms with Gasteiger partial charge < -0.3 is 9.47 Å². The summed E-state index contributed by atoms with van der Waals surface area (Å²) < 4.78 is 23.8. The third-order valence-corrected chi connectivity index (χ3v) is 3.74. The number of ether oxygens (including phenoxy) is 2. The van der Waals surface area contributed by atoms with E-state index in [1.54, 1.807) is 6.07 Å². The van der Waals surface area contributed by atoms with Crippen LogP contribution in [0.3, 0.4) is 0 Å². The molecular formula is C18H17FN2O4. The number of hydrogen-bond donors (Lipinski definition) is 2. The highest BCUT2D eigenvalue weighted by atomic mass is 19.1. The largest absolute Gasteiger partial charge is 0.481 e. The lowest BCUT2D eigenvalue weighted by atomic mass is 10.1. The van der Waals surface area contributed by atoms with E-state index in [4.69, 9.17) is 9.47 Å². The van der Waals surface area contributed by atoms with E-state index < -0.39 is 29.8 Å². The number of nitrogens with one attached hydrogen (secondary N) is 2. The summed E-state index contributed by atoms with van der Waals surface area (Å²) in [7, 11) is 0. The number of para-hydroxylation sites is 1. The molecule has 130 valence electrons. The molecule has 0 bridgehead atoms. The van der Waals surface area contributed by atoms with Gasteiger partial charge >= 0.3 is 0 Å². The van der Waals surface area contributed by atoms with Crippen LogP contribution in [0.1, 0.15) is 12.5 Å². The number of fused-ring (bicyclic) bond motifs is 1. The van der Waals surface area contributed by atoms with Crippen LogP contribution in [0, 0.1) is 5.82 Å². The van der Waals surface area contributed by atoms with Crippen molar-refractivity contribution in [1.29, 1.82) is 0 Å². The molecule has 0 saturated heterocycles. The van der Waals surface area contributed by atoms with Crippen LogP contribution in [-0.2, 0) is 16.0 Å². The van der Waals surface area contributed by atoms with Crippen molar-refractivity contribution in [3.63, 3.8) is 0 Å². The molecule has 2 amide bonds. The second kappa shape index (κ2) is 7.21. The first-order chi connectivity index (χ1) is 12.0. The van der Waals surface area contributed by atoms with Crippen LogP contribution in [0.15, 0.2) is 48.5 Å². The van der Waals surface area contributed by atoms with Crippen LogP contribution < -0.4 is 20.3 Å². The van der Waals surface area contributed by atoms with E-state index in [1.165, 1.54) is 31.2 Å². The molecule has 0 fully saturated rings. The highest BCUT2D eigenvalue weighted by Gasteiger charge is 2.29. The Morgan fingerprint density at radius 3 is 2.60 bits per heavy atom. The molecule has 2 N–H and O–H groups in total. The molecule has 0 spiro atoms. The van der Waals surface area contributed by atoms with Crippen molar-refractivity contribution in [1.82, 2.24) is 10.9 Å². The standard InChI is InChI=1S/C18H17FN2O4/c1-11(24-14-8-6-13(19)7-9-14)17(22)20-21-18(23)16-10-12-4-2-3-5-15(12)25-16/h2-9,11,16H,10H2,1H3,(H,20,22)(H,21,23)/t11-,16-/m1/s1. The van der Waals surface area contributed by atoms with Gasteiger partial charge in [-0.3, -0.25) is 20.4 Å². The number of rotatable bonds is 4. The minimum absolute atomic E-state index is 0.352. The lowest BCUT2D eigenvalue weighted by Crippen LogP contribution is -2.51. The number of carbonyl (C=O) groups excluding carboxylic acids is 2. The van der Waals surface area contributed by atoms with Crippen LogP contribution in [0.25, 0.3) is 0 Å². The maximum atomic E-state index is 12.8. The van der Waals surface area contributed by atoms with Crippen molar-refractivity contribution in [2.24, 2.45) is 0 Å². The van der Waals surface area contributed by atoms with Gasteiger partial charge in [0.2, 0.25) is 0 Å². The van der Waals surface area contributed by atoms with Gasteiger partial charge in [-0.2, -0.15) is 0 Å². The van der Waals surface area contributed by atoms with Gasteiger partial charge in [0.15, 0.2) is 12.2 Å². The monoisotopic (exact) mass is 344 g/mol. The number of hydrazine groups is 1. The highest BCUT2D eigenvalue weighted by molar-refractivity contribution is 5.87. The Morgan fingerprint density at radius 1 is 1.16 bits per heavy atom. The van der Waals surface area contributed by atoms with Crippen LogP contribution >= 0.6 is 0 Å². The fraction of sp³-hybridized carbons (Fsp3) is 0.222. The second-order valence-corrected chi connectivity index (χ2v) is 5.61. The molecular weight excluding hydrogens is 327 g/mol. The molecule has 7 heteroatoms. The quantitative estimate of drug-likeness (QED) is 0.829. The molecule has 6 nitrogen and oxygen atoms in total. The SMILES string of the molecule is C[C@@H](Oc1ccc(F)cc1)C(=O)NNC(=O)[C@H]1Cc2ccccc2O1. The summed E-state index contributed by atoms with van der Waals surface area (Å²) in [4.78, 5) is 24.1. The van der Waals surface area contributed by atoms with Gasteiger partial charge in [0, 0.05) is 6.42 Å². The van der Waals surface area contributed by atoms with Gasteiger partial charge in [-0.25, -0.2) is 4.39 Å². The third-order valence-electron chi connectivity index (χ3n) is 3.74. The van der Waals surface area contributed by atoms with Gasteiger partial charge in [-0.15, -0.1) is 0 Å². The Balaban J connectivity index is 1.47. The average molecular weight is 344 g/mol. The highest BCUT2D eigenvalue weighted by Crippen LogP contribution is 2.27. The van der Waals surface area contributed by atoms with E-state index in [-0.39, 0.29) is 0 Å². The molecule has 0 saturated carbocycles. The number of benzene rings is 2.